The van der Waals surface area contributed by atoms with Gasteiger partial charge >= 0.3 is 11.9 Å². The minimum Gasteiger partial charge on any atom is -0.476 e. The van der Waals surface area contributed by atoms with Gasteiger partial charge in [0.2, 0.25) is 12.0 Å². The van der Waals surface area contributed by atoms with Gasteiger partial charge in [0.05, 0.1) is 13.7 Å². The fourth-order valence-electron chi connectivity index (χ4n) is 5.11. The molecule has 226 valence electrons. The van der Waals surface area contributed by atoms with Crippen LogP contribution in [0.15, 0.2) is 59.6 Å². The van der Waals surface area contributed by atoms with Crippen molar-refractivity contribution in [2.24, 2.45) is 4.99 Å². The second-order valence-corrected chi connectivity index (χ2v) is 11.1. The second kappa shape index (κ2) is 14.1. The molecular weight excluding hydrogens is 562 g/mol. The Bertz CT molecular complexity index is 1290. The van der Waals surface area contributed by atoms with Gasteiger partial charge in [-0.2, -0.15) is 0 Å². The topological polar surface area (TPSA) is 116 Å². The Morgan fingerprint density at radius 1 is 1.14 bits per heavy atom. The van der Waals surface area contributed by atoms with Gasteiger partial charge in [-0.3, -0.25) is 9.59 Å². The van der Waals surface area contributed by atoms with E-state index in [1.807, 2.05) is 36.4 Å². The number of hydrogen-bond acceptors (Lipinski definition) is 9. The molecule has 5 atom stereocenters. The molecule has 1 saturated heterocycles. The molecule has 2 aliphatic rings. The zero-order chi connectivity index (χ0) is 30.3. The molecule has 0 radical (unpaired) electrons. The number of nitrogens with zero attached hydrogens (tertiary/aromatic N) is 2. The Morgan fingerprint density at radius 2 is 1.88 bits per heavy atom. The maximum atomic E-state index is 14.0. The smallest absolute Gasteiger partial charge is 0.337 e. The van der Waals surface area contributed by atoms with Crippen molar-refractivity contribution < 1.29 is 33.3 Å². The van der Waals surface area contributed by atoms with Crippen LogP contribution < -0.4 is 5.32 Å². The summed E-state index contributed by atoms with van der Waals surface area (Å²) in [5.41, 5.74) is 0.416. The number of carbonyl (C=O) groups excluding carboxylic acids is 3. The van der Waals surface area contributed by atoms with Crippen molar-refractivity contribution in [3.8, 4) is 0 Å². The van der Waals surface area contributed by atoms with Crippen molar-refractivity contribution >= 4 is 35.3 Å². The molecule has 2 aliphatic heterocycles. The Labute approximate surface area is 251 Å². The summed E-state index contributed by atoms with van der Waals surface area (Å²) in [6, 6.07) is 15.6. The highest BCUT2D eigenvalue weighted by atomic mass is 35.5. The number of aliphatic imine (C=N–C) groups is 1. The van der Waals surface area contributed by atoms with E-state index in [1.165, 1.54) is 7.11 Å². The number of halogens is 1. The number of esters is 2. The first-order valence-corrected chi connectivity index (χ1v) is 14.4. The summed E-state index contributed by atoms with van der Waals surface area (Å²) in [7, 11) is 2.95. The molecular formula is C31H38ClN3O7. The normalized spacial score (nSPS) is 22.1. The minimum atomic E-state index is -1.31. The maximum Gasteiger partial charge on any atom is 0.337 e. The van der Waals surface area contributed by atoms with Crippen LogP contribution in [0, 0.1) is 0 Å². The highest BCUT2D eigenvalue weighted by Crippen LogP contribution is 2.32. The molecule has 1 unspecified atom stereocenters. The number of likely N-dealkylation sites (N-methyl/N-ethyl adjacent to an activating group) is 1. The number of amides is 1. The first-order chi connectivity index (χ1) is 20.2. The van der Waals surface area contributed by atoms with Crippen LogP contribution in [0.5, 0.6) is 0 Å². The van der Waals surface area contributed by atoms with Crippen LogP contribution in [0.2, 0.25) is 5.02 Å². The maximum absolute atomic E-state index is 14.0. The lowest BCUT2D eigenvalue weighted by molar-refractivity contribution is -0.171. The van der Waals surface area contributed by atoms with Gasteiger partial charge in [-0.05, 0) is 57.0 Å². The van der Waals surface area contributed by atoms with E-state index in [9.17, 15) is 14.4 Å². The summed E-state index contributed by atoms with van der Waals surface area (Å²) in [4.78, 5) is 46.2. The quantitative estimate of drug-likeness (QED) is 0.369. The molecule has 0 bridgehead atoms. The van der Waals surface area contributed by atoms with E-state index in [0.717, 1.165) is 11.1 Å². The molecule has 1 fully saturated rings. The van der Waals surface area contributed by atoms with Gasteiger partial charge < -0.3 is 29.2 Å². The molecule has 11 heteroatoms. The van der Waals surface area contributed by atoms with Crippen LogP contribution in [0.4, 0.5) is 0 Å². The van der Waals surface area contributed by atoms with E-state index in [1.54, 1.807) is 44.0 Å². The number of rotatable bonds is 12. The highest BCUT2D eigenvalue weighted by molar-refractivity contribution is 6.30. The number of hydrogen-bond donors (Lipinski definition) is 1. The molecule has 0 aliphatic carbocycles. The minimum absolute atomic E-state index is 0.0330. The Kier molecular flexibility index (Phi) is 10.6. The van der Waals surface area contributed by atoms with Crippen molar-refractivity contribution in [1.82, 2.24) is 10.2 Å². The zero-order valence-corrected chi connectivity index (χ0v) is 25.1. The van der Waals surface area contributed by atoms with E-state index >= 15 is 0 Å². The third-order valence-electron chi connectivity index (χ3n) is 7.61. The van der Waals surface area contributed by atoms with Gasteiger partial charge in [0.1, 0.15) is 24.8 Å². The number of carbonyl (C=O) groups is 3. The molecule has 0 spiro atoms. The summed E-state index contributed by atoms with van der Waals surface area (Å²) in [5.74, 6) is -1.24. The number of likely N-dealkylation sites (tertiary alicyclic amines) is 1. The number of methoxy groups -OCH3 is 1. The van der Waals surface area contributed by atoms with Crippen LogP contribution in [0.25, 0.3) is 0 Å². The standard InChI is InChI=1S/C31H38ClN3O7/c1-20(33-3)29(37)42-26(21(2)40-18-22-10-6-5-7-11-22)28(36)35-15-9-14-25(35)27-34-31(19-41-27,30(38)39-4)17-23-12-8-13-24(32)16-23/h5-8,10-13,16,20-21,25-26,33H,9,14-15,17-19H2,1-4H3/t20-,21?,25-,26-,31+/m0/s1. The summed E-state index contributed by atoms with van der Waals surface area (Å²) < 4.78 is 22.9. The van der Waals surface area contributed by atoms with E-state index in [0.29, 0.717) is 24.4 Å². The van der Waals surface area contributed by atoms with Crippen molar-refractivity contribution in [3.05, 3.63) is 70.7 Å². The van der Waals surface area contributed by atoms with Gasteiger partial charge in [0.15, 0.2) is 5.54 Å². The van der Waals surface area contributed by atoms with Crippen LogP contribution in [-0.4, -0.2) is 85.8 Å². The molecule has 2 heterocycles. The molecule has 42 heavy (non-hydrogen) atoms. The Balaban J connectivity index is 1.57. The van der Waals surface area contributed by atoms with Crippen LogP contribution >= 0.6 is 11.6 Å². The first kappa shape index (κ1) is 31.5. The number of nitrogens with one attached hydrogen (secondary N) is 1. The Morgan fingerprint density at radius 3 is 2.57 bits per heavy atom. The van der Waals surface area contributed by atoms with E-state index in [-0.39, 0.29) is 25.5 Å². The predicted molar refractivity (Wildman–Crippen MR) is 157 cm³/mol. The average Bonchev–Trinajstić information content (AvgIpc) is 3.66. The third kappa shape index (κ3) is 7.29. The Hall–Kier alpha value is -3.47. The highest BCUT2D eigenvalue weighted by Gasteiger charge is 2.49. The molecule has 4 rings (SSSR count). The van der Waals surface area contributed by atoms with Crippen molar-refractivity contribution in [3.63, 3.8) is 0 Å². The van der Waals surface area contributed by atoms with Crippen molar-refractivity contribution in [2.45, 2.75) is 69.5 Å². The number of ether oxygens (including phenoxy) is 4. The summed E-state index contributed by atoms with van der Waals surface area (Å²) >= 11 is 6.18. The van der Waals surface area contributed by atoms with Gasteiger partial charge in [-0.1, -0.05) is 54.1 Å². The summed E-state index contributed by atoms with van der Waals surface area (Å²) in [6.45, 7) is 3.99. The molecule has 10 nitrogen and oxygen atoms in total. The van der Waals surface area contributed by atoms with Crippen molar-refractivity contribution in [2.75, 3.05) is 27.3 Å². The fourth-order valence-corrected chi connectivity index (χ4v) is 5.33. The van der Waals surface area contributed by atoms with Gasteiger partial charge in [-0.15, -0.1) is 0 Å². The second-order valence-electron chi connectivity index (χ2n) is 10.6. The third-order valence-corrected chi connectivity index (χ3v) is 7.85. The van der Waals surface area contributed by atoms with Crippen LogP contribution in [0.1, 0.15) is 37.8 Å². The number of benzene rings is 2. The SMILES string of the molecule is CN[C@@H](C)C(=O)O[C@H](C(=O)N1CCC[C@H]1C1=N[C@@](Cc2cccc(Cl)c2)(C(=O)OC)CO1)C(C)OCc1ccccc1. The molecule has 1 N–H and O–H groups in total. The summed E-state index contributed by atoms with van der Waals surface area (Å²) in [5, 5.41) is 3.39. The van der Waals surface area contributed by atoms with E-state index in [4.69, 9.17) is 35.5 Å². The van der Waals surface area contributed by atoms with Crippen LogP contribution in [-0.2, 0) is 46.4 Å². The molecule has 2 aromatic carbocycles. The molecule has 1 amide bonds. The lowest BCUT2D eigenvalue weighted by Gasteiger charge is -2.31. The first-order valence-electron chi connectivity index (χ1n) is 14.1. The monoisotopic (exact) mass is 599 g/mol. The van der Waals surface area contributed by atoms with Crippen molar-refractivity contribution in [1.29, 1.82) is 0 Å². The largest absolute Gasteiger partial charge is 0.476 e. The summed E-state index contributed by atoms with van der Waals surface area (Å²) in [6.07, 6.45) is -0.458. The lowest BCUT2D eigenvalue weighted by atomic mass is 9.92. The van der Waals surface area contributed by atoms with Gasteiger partial charge in [-0.25, -0.2) is 9.79 Å². The predicted octanol–water partition coefficient (Wildman–Crippen LogP) is 3.34. The van der Waals surface area contributed by atoms with Gasteiger partial charge in [0, 0.05) is 18.0 Å². The molecule has 0 saturated carbocycles. The van der Waals surface area contributed by atoms with Crippen LogP contribution in [0.3, 0.4) is 0 Å². The fraction of sp³-hybridized carbons (Fsp3) is 0.484. The van der Waals surface area contributed by atoms with E-state index in [2.05, 4.69) is 5.32 Å². The van der Waals surface area contributed by atoms with Gasteiger partial charge in [0.25, 0.3) is 5.91 Å². The molecule has 2 aromatic rings. The zero-order valence-electron chi connectivity index (χ0n) is 24.4. The molecule has 0 aromatic heterocycles. The average molecular weight is 600 g/mol. The lowest BCUT2D eigenvalue weighted by Crippen LogP contribution is -2.52. The van der Waals surface area contributed by atoms with E-state index < -0.39 is 47.7 Å².